The maximum Gasteiger partial charge on any atom is 0.321 e. The number of sulfonamides is 1. The van der Waals surface area contributed by atoms with Gasteiger partial charge in [0, 0.05) is 6.61 Å². The Bertz CT molecular complexity index is 589. The monoisotopic (exact) mass is 367 g/mol. The summed E-state index contributed by atoms with van der Waals surface area (Å²) in [7, 11) is -2.56. The van der Waals surface area contributed by atoms with Crippen LogP contribution in [0.3, 0.4) is 0 Å². The highest BCUT2D eigenvalue weighted by molar-refractivity contribution is 9.10. The Morgan fingerprint density at radius 1 is 1.50 bits per heavy atom. The van der Waals surface area contributed by atoms with Crippen molar-refractivity contribution in [3.8, 4) is 5.75 Å². The van der Waals surface area contributed by atoms with Crippen molar-refractivity contribution in [3.63, 3.8) is 0 Å². The van der Waals surface area contributed by atoms with Gasteiger partial charge in [-0.05, 0) is 40.5 Å². The van der Waals surface area contributed by atoms with Gasteiger partial charge in [-0.25, -0.2) is 8.42 Å². The lowest BCUT2D eigenvalue weighted by atomic mass is 10.2. The van der Waals surface area contributed by atoms with E-state index in [0.717, 1.165) is 0 Å². The van der Waals surface area contributed by atoms with Gasteiger partial charge in [-0.2, -0.15) is 4.72 Å². The van der Waals surface area contributed by atoms with Gasteiger partial charge in [0.25, 0.3) is 0 Å². The molecule has 0 spiro atoms. The van der Waals surface area contributed by atoms with Crippen LogP contribution in [0.2, 0.25) is 0 Å². The summed E-state index contributed by atoms with van der Waals surface area (Å²) < 4.78 is 31.5. The highest BCUT2D eigenvalue weighted by Gasteiger charge is 2.25. The van der Waals surface area contributed by atoms with Crippen LogP contribution >= 0.6 is 15.9 Å². The third kappa shape index (κ3) is 4.17. The number of hydrogen-bond acceptors (Lipinski definition) is 5. The van der Waals surface area contributed by atoms with Gasteiger partial charge < -0.3 is 14.9 Å². The number of carboxylic acid groups (broad SMARTS) is 1. The molecule has 0 heterocycles. The van der Waals surface area contributed by atoms with E-state index in [1.807, 2.05) is 4.72 Å². The first kappa shape index (κ1) is 16.9. The lowest BCUT2D eigenvalue weighted by Crippen LogP contribution is -2.41. The van der Waals surface area contributed by atoms with E-state index in [1.54, 1.807) is 0 Å². The minimum Gasteiger partial charge on any atom is -0.496 e. The standard InChI is InChI=1S/C11H14BrNO6S/c1-19-10-3-2-7(6-8(10)12)20(17,18)13-9(4-5-14)11(15)16/h2-3,6,9,13-14H,4-5H2,1H3,(H,15,16). The molecule has 7 nitrogen and oxygen atoms in total. The van der Waals surface area contributed by atoms with Gasteiger partial charge in [0.1, 0.15) is 11.8 Å². The van der Waals surface area contributed by atoms with Crippen molar-refractivity contribution >= 4 is 31.9 Å². The average molecular weight is 368 g/mol. The fourth-order valence-electron chi connectivity index (χ4n) is 1.43. The number of aliphatic hydroxyl groups excluding tert-OH is 1. The Morgan fingerprint density at radius 3 is 2.60 bits per heavy atom. The minimum absolute atomic E-state index is 0.102. The number of rotatable bonds is 7. The van der Waals surface area contributed by atoms with Crippen LogP contribution in [0.5, 0.6) is 5.75 Å². The second-order valence-electron chi connectivity index (χ2n) is 3.82. The highest BCUT2D eigenvalue weighted by Crippen LogP contribution is 2.27. The van der Waals surface area contributed by atoms with E-state index in [9.17, 15) is 13.2 Å². The highest BCUT2D eigenvalue weighted by atomic mass is 79.9. The van der Waals surface area contributed by atoms with Gasteiger partial charge in [0.15, 0.2) is 0 Å². The second kappa shape index (κ2) is 7.02. The zero-order valence-electron chi connectivity index (χ0n) is 10.5. The summed E-state index contributed by atoms with van der Waals surface area (Å²) in [6, 6.07) is 2.66. The third-order valence-electron chi connectivity index (χ3n) is 2.45. The lowest BCUT2D eigenvalue weighted by Gasteiger charge is -2.14. The molecule has 20 heavy (non-hydrogen) atoms. The van der Waals surface area contributed by atoms with Crippen molar-refractivity contribution in [1.29, 1.82) is 0 Å². The summed E-state index contributed by atoms with van der Waals surface area (Å²) in [5, 5.41) is 17.6. The number of nitrogens with one attached hydrogen (secondary N) is 1. The maximum absolute atomic E-state index is 12.1. The molecular weight excluding hydrogens is 354 g/mol. The summed E-state index contributed by atoms with van der Waals surface area (Å²) in [5.74, 6) is -0.899. The van der Waals surface area contributed by atoms with E-state index in [1.165, 1.54) is 25.3 Å². The molecule has 9 heteroatoms. The van der Waals surface area contributed by atoms with Crippen molar-refractivity contribution in [1.82, 2.24) is 4.72 Å². The van der Waals surface area contributed by atoms with Crippen LogP contribution in [-0.2, 0) is 14.8 Å². The summed E-state index contributed by atoms with van der Waals surface area (Å²) >= 11 is 3.15. The van der Waals surface area contributed by atoms with Crippen molar-refractivity contribution in [2.75, 3.05) is 13.7 Å². The van der Waals surface area contributed by atoms with Gasteiger partial charge in [-0.3, -0.25) is 4.79 Å². The Hall–Kier alpha value is -1.16. The summed E-state index contributed by atoms with van der Waals surface area (Å²) in [4.78, 5) is 10.8. The Morgan fingerprint density at radius 2 is 2.15 bits per heavy atom. The first-order chi connectivity index (χ1) is 9.31. The van der Waals surface area contributed by atoms with Crippen molar-refractivity contribution < 1.29 is 28.2 Å². The first-order valence-electron chi connectivity index (χ1n) is 5.51. The average Bonchev–Trinajstić information content (AvgIpc) is 2.37. The van der Waals surface area contributed by atoms with Crippen molar-refractivity contribution in [2.24, 2.45) is 0 Å². The van der Waals surface area contributed by atoms with E-state index >= 15 is 0 Å². The summed E-state index contributed by atoms with van der Waals surface area (Å²) in [6.07, 6.45) is -0.216. The van der Waals surface area contributed by atoms with Crippen LogP contribution in [0.25, 0.3) is 0 Å². The Labute approximate surface area is 124 Å². The van der Waals surface area contributed by atoms with Crippen LogP contribution in [0.4, 0.5) is 0 Å². The molecule has 1 unspecified atom stereocenters. The van der Waals surface area contributed by atoms with Gasteiger partial charge in [0.2, 0.25) is 10.0 Å². The topological polar surface area (TPSA) is 113 Å². The number of ether oxygens (including phenoxy) is 1. The van der Waals surface area contributed by atoms with E-state index in [0.29, 0.717) is 10.2 Å². The van der Waals surface area contributed by atoms with Gasteiger partial charge in [-0.15, -0.1) is 0 Å². The molecule has 0 aromatic heterocycles. The molecule has 0 aliphatic heterocycles. The van der Waals surface area contributed by atoms with E-state index < -0.39 is 28.6 Å². The second-order valence-corrected chi connectivity index (χ2v) is 6.39. The fourth-order valence-corrected chi connectivity index (χ4v) is 3.37. The van der Waals surface area contributed by atoms with Gasteiger partial charge >= 0.3 is 5.97 Å². The SMILES string of the molecule is COc1ccc(S(=O)(=O)NC(CCO)C(=O)O)cc1Br. The number of methoxy groups -OCH3 is 1. The molecule has 1 rings (SSSR count). The van der Waals surface area contributed by atoms with Crippen LogP contribution in [0, 0.1) is 0 Å². The third-order valence-corrected chi connectivity index (χ3v) is 4.54. The predicted octanol–water partition coefficient (Wildman–Crippen LogP) is 0.572. The molecule has 0 aliphatic carbocycles. The predicted molar refractivity (Wildman–Crippen MR) is 74.1 cm³/mol. The molecule has 0 saturated carbocycles. The lowest BCUT2D eigenvalue weighted by molar-refractivity contribution is -0.139. The molecule has 0 radical (unpaired) electrons. The van der Waals surface area contributed by atoms with E-state index in [4.69, 9.17) is 14.9 Å². The minimum atomic E-state index is -4.00. The van der Waals surface area contributed by atoms with Crippen LogP contribution < -0.4 is 9.46 Å². The number of carbonyl (C=O) groups is 1. The normalized spacial score (nSPS) is 12.9. The maximum atomic E-state index is 12.1. The zero-order chi connectivity index (χ0) is 15.3. The van der Waals surface area contributed by atoms with Crippen molar-refractivity contribution in [2.45, 2.75) is 17.4 Å². The van der Waals surface area contributed by atoms with Crippen LogP contribution in [-0.4, -0.2) is 44.4 Å². The Balaban J connectivity index is 3.04. The number of halogens is 1. The molecule has 0 saturated heterocycles. The van der Waals surface area contributed by atoms with E-state index in [-0.39, 0.29) is 11.3 Å². The van der Waals surface area contributed by atoms with Crippen LogP contribution in [0.15, 0.2) is 27.6 Å². The number of aliphatic carboxylic acids is 1. The Kier molecular flexibility index (Phi) is 5.93. The number of benzene rings is 1. The molecule has 0 fully saturated rings. The van der Waals surface area contributed by atoms with Crippen molar-refractivity contribution in [3.05, 3.63) is 22.7 Å². The number of aliphatic hydroxyl groups is 1. The fraction of sp³-hybridized carbons (Fsp3) is 0.364. The van der Waals surface area contributed by atoms with Gasteiger partial charge in [-0.1, -0.05) is 0 Å². The molecule has 1 atom stereocenters. The molecule has 1 aromatic rings. The molecule has 112 valence electrons. The van der Waals surface area contributed by atoms with Crippen LogP contribution in [0.1, 0.15) is 6.42 Å². The molecule has 0 amide bonds. The van der Waals surface area contributed by atoms with Gasteiger partial charge in [0.05, 0.1) is 16.5 Å². The number of carboxylic acids is 1. The first-order valence-corrected chi connectivity index (χ1v) is 7.79. The smallest absolute Gasteiger partial charge is 0.321 e. The molecule has 0 aliphatic rings. The van der Waals surface area contributed by atoms with E-state index in [2.05, 4.69) is 15.9 Å². The molecule has 1 aromatic carbocycles. The molecule has 3 N–H and O–H groups in total. The largest absolute Gasteiger partial charge is 0.496 e. The summed E-state index contributed by atoms with van der Waals surface area (Å²) in [5.41, 5.74) is 0. The molecular formula is C11H14BrNO6S. The quantitative estimate of drug-likeness (QED) is 0.649. The summed E-state index contributed by atoms with van der Waals surface area (Å²) in [6.45, 7) is -0.439. The zero-order valence-corrected chi connectivity index (χ0v) is 12.9. The number of hydrogen-bond donors (Lipinski definition) is 3. The molecule has 0 bridgehead atoms.